The molecule has 0 N–H and O–H groups in total. The monoisotopic (exact) mass is 330 g/mol. The molecule has 0 fully saturated rings. The Morgan fingerprint density at radius 3 is 2.04 bits per heavy atom. The molecule has 0 radical (unpaired) electrons. The minimum atomic E-state index is 0.0505. The molecule has 0 aliphatic heterocycles. The standard InChI is InChI=1S/C25H30/c1-3-5-6-7-8-9-14-20-25(19-4-2)23-17-12-10-15-21(23)22-16-11-13-18-24(22)25/h4,9-18H,2-3,5-8,19-20H2,1H3/b14-9+. The number of fused-ring (bicyclic) bond motifs is 3. The Morgan fingerprint density at radius 2 is 1.44 bits per heavy atom. The lowest BCUT2D eigenvalue weighted by Crippen LogP contribution is -2.23. The molecule has 0 bridgehead atoms. The predicted octanol–water partition coefficient (Wildman–Crippen LogP) is 7.45. The highest BCUT2D eigenvalue weighted by Gasteiger charge is 2.40. The van der Waals surface area contributed by atoms with Crippen molar-refractivity contribution in [3.05, 3.63) is 84.5 Å². The molecule has 0 spiro atoms. The van der Waals surface area contributed by atoms with Gasteiger partial charge in [0, 0.05) is 5.41 Å². The van der Waals surface area contributed by atoms with Gasteiger partial charge in [0.05, 0.1) is 0 Å². The van der Waals surface area contributed by atoms with Crippen molar-refractivity contribution in [2.45, 2.75) is 57.3 Å². The molecule has 130 valence electrons. The molecule has 3 rings (SSSR count). The SMILES string of the molecule is C=CCC1(C/C=C/CCCCCC)c2ccccc2-c2ccccc21. The molecule has 1 aliphatic rings. The smallest absolute Gasteiger partial charge is 0.0283 e. The molecule has 0 aromatic heterocycles. The molecule has 0 amide bonds. The molecule has 0 saturated heterocycles. The first-order valence-corrected chi connectivity index (χ1v) is 9.79. The second-order valence-electron chi connectivity index (χ2n) is 7.19. The quantitative estimate of drug-likeness (QED) is 0.331. The summed E-state index contributed by atoms with van der Waals surface area (Å²) in [4.78, 5) is 0. The zero-order valence-corrected chi connectivity index (χ0v) is 15.5. The highest BCUT2D eigenvalue weighted by molar-refractivity contribution is 5.81. The molecule has 2 aromatic carbocycles. The summed E-state index contributed by atoms with van der Waals surface area (Å²) in [5.41, 5.74) is 5.78. The van der Waals surface area contributed by atoms with E-state index in [-0.39, 0.29) is 5.41 Å². The van der Waals surface area contributed by atoms with E-state index in [2.05, 4.69) is 80.3 Å². The van der Waals surface area contributed by atoms with Crippen LogP contribution in [0.5, 0.6) is 0 Å². The number of hydrogen-bond acceptors (Lipinski definition) is 0. The Hall–Kier alpha value is -2.08. The number of allylic oxidation sites excluding steroid dienone is 3. The van der Waals surface area contributed by atoms with E-state index in [1.165, 1.54) is 54.4 Å². The van der Waals surface area contributed by atoms with Gasteiger partial charge in [-0.1, -0.05) is 92.9 Å². The Balaban J connectivity index is 1.87. The van der Waals surface area contributed by atoms with Crippen LogP contribution in [-0.4, -0.2) is 0 Å². The van der Waals surface area contributed by atoms with Gasteiger partial charge >= 0.3 is 0 Å². The van der Waals surface area contributed by atoms with Crippen LogP contribution in [0.15, 0.2) is 73.3 Å². The summed E-state index contributed by atoms with van der Waals surface area (Å²) in [6.45, 7) is 6.34. The zero-order chi connectivity index (χ0) is 17.5. The fraction of sp³-hybridized carbons (Fsp3) is 0.360. The summed E-state index contributed by atoms with van der Waals surface area (Å²) in [6, 6.07) is 17.8. The lowest BCUT2D eigenvalue weighted by molar-refractivity contribution is 0.541. The third kappa shape index (κ3) is 3.49. The van der Waals surface area contributed by atoms with Crippen molar-refractivity contribution in [1.29, 1.82) is 0 Å². The van der Waals surface area contributed by atoms with Crippen molar-refractivity contribution in [3.63, 3.8) is 0 Å². The minimum absolute atomic E-state index is 0.0505. The summed E-state index contributed by atoms with van der Waals surface area (Å²) >= 11 is 0. The summed E-state index contributed by atoms with van der Waals surface area (Å²) in [7, 11) is 0. The predicted molar refractivity (Wildman–Crippen MR) is 110 cm³/mol. The van der Waals surface area contributed by atoms with Gasteiger partial charge < -0.3 is 0 Å². The summed E-state index contributed by atoms with van der Waals surface area (Å²) in [6.07, 6.45) is 15.5. The topological polar surface area (TPSA) is 0 Å². The van der Waals surface area contributed by atoms with E-state index in [9.17, 15) is 0 Å². The second kappa shape index (κ2) is 8.34. The van der Waals surface area contributed by atoms with Crippen molar-refractivity contribution in [3.8, 4) is 11.1 Å². The molecule has 25 heavy (non-hydrogen) atoms. The van der Waals surface area contributed by atoms with Crippen molar-refractivity contribution in [2.24, 2.45) is 0 Å². The summed E-state index contributed by atoms with van der Waals surface area (Å²) in [5.74, 6) is 0. The largest absolute Gasteiger partial charge is 0.103 e. The van der Waals surface area contributed by atoms with Crippen LogP contribution < -0.4 is 0 Å². The Kier molecular flexibility index (Phi) is 5.91. The minimum Gasteiger partial charge on any atom is -0.103 e. The second-order valence-corrected chi connectivity index (χ2v) is 7.19. The number of rotatable bonds is 9. The lowest BCUT2D eigenvalue weighted by Gasteiger charge is -2.30. The van der Waals surface area contributed by atoms with Gasteiger partial charge in [0.15, 0.2) is 0 Å². The Morgan fingerprint density at radius 1 is 0.800 bits per heavy atom. The van der Waals surface area contributed by atoms with Crippen LogP contribution in [0.3, 0.4) is 0 Å². The van der Waals surface area contributed by atoms with Crippen LogP contribution >= 0.6 is 0 Å². The van der Waals surface area contributed by atoms with Gasteiger partial charge in [0.25, 0.3) is 0 Å². The van der Waals surface area contributed by atoms with Crippen molar-refractivity contribution in [1.82, 2.24) is 0 Å². The van der Waals surface area contributed by atoms with Crippen LogP contribution in [-0.2, 0) is 5.41 Å². The Bertz CT molecular complexity index is 690. The molecule has 1 aliphatic carbocycles. The first-order chi connectivity index (χ1) is 12.3. The number of hydrogen-bond donors (Lipinski definition) is 0. The zero-order valence-electron chi connectivity index (χ0n) is 15.5. The highest BCUT2D eigenvalue weighted by atomic mass is 14.4. The molecule has 0 heteroatoms. The number of benzene rings is 2. The van der Waals surface area contributed by atoms with E-state index >= 15 is 0 Å². The fourth-order valence-corrected chi connectivity index (χ4v) is 4.28. The Labute approximate surface area is 153 Å². The molecule has 0 nitrogen and oxygen atoms in total. The molecular formula is C25H30. The van der Waals surface area contributed by atoms with Gasteiger partial charge in [-0.25, -0.2) is 0 Å². The normalized spacial score (nSPS) is 14.4. The van der Waals surface area contributed by atoms with Gasteiger partial charge in [-0.15, -0.1) is 6.58 Å². The first-order valence-electron chi connectivity index (χ1n) is 9.79. The van der Waals surface area contributed by atoms with Crippen LogP contribution in [0, 0.1) is 0 Å². The summed E-state index contributed by atoms with van der Waals surface area (Å²) in [5, 5.41) is 0. The molecule has 2 aromatic rings. The molecule has 0 heterocycles. The van der Waals surface area contributed by atoms with Gasteiger partial charge in [-0.2, -0.15) is 0 Å². The third-order valence-electron chi connectivity index (χ3n) is 5.53. The first kappa shape index (κ1) is 17.7. The molecular weight excluding hydrogens is 300 g/mol. The van der Waals surface area contributed by atoms with E-state index in [0.717, 1.165) is 12.8 Å². The van der Waals surface area contributed by atoms with Crippen LogP contribution in [0.25, 0.3) is 11.1 Å². The van der Waals surface area contributed by atoms with E-state index in [0.29, 0.717) is 0 Å². The van der Waals surface area contributed by atoms with Crippen LogP contribution in [0.1, 0.15) is 63.0 Å². The summed E-state index contributed by atoms with van der Waals surface area (Å²) < 4.78 is 0. The van der Waals surface area contributed by atoms with E-state index in [4.69, 9.17) is 0 Å². The van der Waals surface area contributed by atoms with Gasteiger partial charge in [-0.05, 0) is 47.9 Å². The molecule has 0 saturated carbocycles. The van der Waals surface area contributed by atoms with Crippen molar-refractivity contribution >= 4 is 0 Å². The van der Waals surface area contributed by atoms with E-state index < -0.39 is 0 Å². The molecule has 0 unspecified atom stereocenters. The highest BCUT2D eigenvalue weighted by Crippen LogP contribution is 2.52. The maximum absolute atomic E-state index is 4.07. The number of unbranched alkanes of at least 4 members (excludes halogenated alkanes) is 4. The van der Waals surface area contributed by atoms with Crippen LogP contribution in [0.2, 0.25) is 0 Å². The third-order valence-corrected chi connectivity index (χ3v) is 5.53. The molecule has 0 atom stereocenters. The average molecular weight is 331 g/mol. The fourth-order valence-electron chi connectivity index (χ4n) is 4.28. The van der Waals surface area contributed by atoms with E-state index in [1.54, 1.807) is 0 Å². The van der Waals surface area contributed by atoms with Gasteiger partial charge in [-0.3, -0.25) is 0 Å². The van der Waals surface area contributed by atoms with Gasteiger partial charge in [0.1, 0.15) is 0 Å². The maximum atomic E-state index is 4.07. The van der Waals surface area contributed by atoms with Crippen molar-refractivity contribution in [2.75, 3.05) is 0 Å². The lowest BCUT2D eigenvalue weighted by atomic mass is 9.73. The van der Waals surface area contributed by atoms with Crippen molar-refractivity contribution < 1.29 is 0 Å². The van der Waals surface area contributed by atoms with Crippen LogP contribution in [0.4, 0.5) is 0 Å². The average Bonchev–Trinajstić information content (AvgIpc) is 2.93. The van der Waals surface area contributed by atoms with E-state index in [1.807, 2.05) is 0 Å². The maximum Gasteiger partial charge on any atom is 0.0283 e. The van der Waals surface area contributed by atoms with Gasteiger partial charge in [0.2, 0.25) is 0 Å².